The Labute approximate surface area is 103 Å². The topological polar surface area (TPSA) is 52.6 Å². The molecule has 0 aromatic rings. The van der Waals surface area contributed by atoms with Crippen molar-refractivity contribution >= 4 is 11.9 Å². The number of esters is 2. The van der Waals surface area contributed by atoms with Crippen LogP contribution in [0.4, 0.5) is 0 Å². The van der Waals surface area contributed by atoms with Crippen molar-refractivity contribution in [3.63, 3.8) is 0 Å². The Hall–Kier alpha value is -1.06. The Morgan fingerprint density at radius 3 is 2.12 bits per heavy atom. The summed E-state index contributed by atoms with van der Waals surface area (Å²) in [7, 11) is 1.18. The molecule has 98 valence electrons. The van der Waals surface area contributed by atoms with Gasteiger partial charge in [0.15, 0.2) is 0 Å². The Kier molecular flexibility index (Phi) is 4.54. The zero-order valence-electron chi connectivity index (χ0n) is 11.1. The third-order valence-electron chi connectivity index (χ3n) is 3.72. The molecule has 0 spiro atoms. The van der Waals surface area contributed by atoms with Gasteiger partial charge in [0.1, 0.15) is 5.60 Å². The first-order valence-corrected chi connectivity index (χ1v) is 6.19. The first kappa shape index (κ1) is 14.0. The summed E-state index contributed by atoms with van der Waals surface area (Å²) in [5, 5.41) is 0. The Bertz CT molecular complexity index is 288. The minimum atomic E-state index is -0.919. The quantitative estimate of drug-likeness (QED) is 0.551. The van der Waals surface area contributed by atoms with Gasteiger partial charge in [0, 0.05) is 0 Å². The van der Waals surface area contributed by atoms with E-state index in [0.717, 1.165) is 25.7 Å². The predicted molar refractivity (Wildman–Crippen MR) is 63.3 cm³/mol. The van der Waals surface area contributed by atoms with Crippen LogP contribution >= 0.6 is 0 Å². The standard InChI is InChI=1S/C13H22O4/c1-9(2)10-5-7-13(3,8-6-10)17-12(15)11(14)16-4/h9-10H,5-8H2,1-4H3. The third kappa shape index (κ3) is 3.72. The van der Waals surface area contributed by atoms with E-state index < -0.39 is 17.5 Å². The fraction of sp³-hybridized carbons (Fsp3) is 0.846. The van der Waals surface area contributed by atoms with Crippen LogP contribution in [0.1, 0.15) is 46.5 Å². The van der Waals surface area contributed by atoms with Crippen LogP contribution in [0.15, 0.2) is 0 Å². The molecular weight excluding hydrogens is 220 g/mol. The lowest BCUT2D eigenvalue weighted by Gasteiger charge is -2.37. The van der Waals surface area contributed by atoms with Gasteiger partial charge >= 0.3 is 11.9 Å². The maximum absolute atomic E-state index is 11.4. The molecule has 0 aromatic heterocycles. The largest absolute Gasteiger partial charge is 0.461 e. The fourth-order valence-corrected chi connectivity index (χ4v) is 2.37. The molecule has 0 bridgehead atoms. The van der Waals surface area contributed by atoms with Crippen LogP contribution in [0.3, 0.4) is 0 Å². The number of rotatable bonds is 2. The van der Waals surface area contributed by atoms with Crippen LogP contribution in [-0.4, -0.2) is 24.6 Å². The number of carbonyl (C=O) groups is 2. The predicted octanol–water partition coefficient (Wildman–Crippen LogP) is 2.31. The van der Waals surface area contributed by atoms with Crippen molar-refractivity contribution in [2.75, 3.05) is 7.11 Å². The monoisotopic (exact) mass is 242 g/mol. The molecule has 0 unspecified atom stereocenters. The Morgan fingerprint density at radius 1 is 1.18 bits per heavy atom. The molecular formula is C13H22O4. The van der Waals surface area contributed by atoms with E-state index in [4.69, 9.17) is 4.74 Å². The summed E-state index contributed by atoms with van der Waals surface area (Å²) in [5.41, 5.74) is -0.503. The molecule has 0 aromatic carbocycles. The molecule has 0 saturated heterocycles. The molecule has 0 amide bonds. The highest BCUT2D eigenvalue weighted by molar-refractivity contribution is 6.29. The van der Waals surface area contributed by atoms with Crippen LogP contribution in [-0.2, 0) is 19.1 Å². The molecule has 1 saturated carbocycles. The highest BCUT2D eigenvalue weighted by Gasteiger charge is 2.36. The fourth-order valence-electron chi connectivity index (χ4n) is 2.37. The first-order chi connectivity index (χ1) is 7.88. The molecule has 0 N–H and O–H groups in total. The van der Waals surface area contributed by atoms with Gasteiger partial charge < -0.3 is 9.47 Å². The number of hydrogen-bond donors (Lipinski definition) is 0. The smallest absolute Gasteiger partial charge is 0.418 e. The van der Waals surface area contributed by atoms with Gasteiger partial charge in [-0.2, -0.15) is 0 Å². The van der Waals surface area contributed by atoms with Crippen molar-refractivity contribution in [3.05, 3.63) is 0 Å². The van der Waals surface area contributed by atoms with E-state index in [1.54, 1.807) is 0 Å². The summed E-state index contributed by atoms with van der Waals surface area (Å²) in [6.45, 7) is 6.33. The van der Waals surface area contributed by atoms with Gasteiger partial charge in [-0.1, -0.05) is 13.8 Å². The van der Waals surface area contributed by atoms with Crippen molar-refractivity contribution in [3.8, 4) is 0 Å². The molecule has 1 aliphatic carbocycles. The van der Waals surface area contributed by atoms with Crippen LogP contribution in [0.5, 0.6) is 0 Å². The third-order valence-corrected chi connectivity index (χ3v) is 3.72. The molecule has 17 heavy (non-hydrogen) atoms. The van der Waals surface area contributed by atoms with E-state index in [2.05, 4.69) is 18.6 Å². The number of ether oxygens (including phenoxy) is 2. The molecule has 0 heterocycles. The molecule has 4 nitrogen and oxygen atoms in total. The Balaban J connectivity index is 2.50. The average Bonchev–Trinajstić information content (AvgIpc) is 2.27. The lowest BCUT2D eigenvalue weighted by atomic mass is 9.75. The second-order valence-corrected chi connectivity index (χ2v) is 5.41. The van der Waals surface area contributed by atoms with Crippen LogP contribution in [0.2, 0.25) is 0 Å². The minimum absolute atomic E-state index is 0.503. The van der Waals surface area contributed by atoms with Crippen LogP contribution < -0.4 is 0 Å². The lowest BCUT2D eigenvalue weighted by Crippen LogP contribution is -2.39. The van der Waals surface area contributed by atoms with E-state index in [-0.39, 0.29) is 0 Å². The summed E-state index contributed by atoms with van der Waals surface area (Å²) in [6, 6.07) is 0. The molecule has 1 rings (SSSR count). The normalized spacial score (nSPS) is 28.9. The second-order valence-electron chi connectivity index (χ2n) is 5.41. The van der Waals surface area contributed by atoms with Crippen molar-refractivity contribution in [2.45, 2.75) is 52.1 Å². The van der Waals surface area contributed by atoms with E-state index in [0.29, 0.717) is 11.8 Å². The molecule has 1 fully saturated rings. The number of carbonyl (C=O) groups excluding carboxylic acids is 2. The first-order valence-electron chi connectivity index (χ1n) is 6.19. The van der Waals surface area contributed by atoms with Crippen molar-refractivity contribution in [2.24, 2.45) is 11.8 Å². The summed E-state index contributed by atoms with van der Waals surface area (Å²) in [6.07, 6.45) is 3.72. The van der Waals surface area contributed by atoms with Gasteiger partial charge in [-0.3, -0.25) is 0 Å². The number of methoxy groups -OCH3 is 1. The maximum atomic E-state index is 11.4. The van der Waals surface area contributed by atoms with Gasteiger partial charge in [-0.25, -0.2) is 9.59 Å². The molecule has 0 radical (unpaired) electrons. The van der Waals surface area contributed by atoms with Crippen molar-refractivity contribution in [1.82, 2.24) is 0 Å². The van der Waals surface area contributed by atoms with E-state index >= 15 is 0 Å². The Morgan fingerprint density at radius 2 is 1.71 bits per heavy atom. The zero-order valence-corrected chi connectivity index (χ0v) is 11.1. The minimum Gasteiger partial charge on any atom is -0.461 e. The lowest BCUT2D eigenvalue weighted by molar-refractivity contribution is -0.178. The van der Waals surface area contributed by atoms with Gasteiger partial charge in [0.25, 0.3) is 0 Å². The summed E-state index contributed by atoms with van der Waals surface area (Å²) in [5.74, 6) is -0.439. The van der Waals surface area contributed by atoms with E-state index in [1.165, 1.54) is 7.11 Å². The summed E-state index contributed by atoms with van der Waals surface area (Å²) < 4.78 is 9.59. The molecule has 1 aliphatic rings. The SMILES string of the molecule is COC(=O)C(=O)OC1(C)CCC(C(C)C)CC1. The van der Waals surface area contributed by atoms with Crippen LogP contribution in [0.25, 0.3) is 0 Å². The molecule has 4 heteroatoms. The number of hydrogen-bond acceptors (Lipinski definition) is 4. The van der Waals surface area contributed by atoms with Gasteiger partial charge in [-0.15, -0.1) is 0 Å². The highest BCUT2D eigenvalue weighted by atomic mass is 16.6. The van der Waals surface area contributed by atoms with Gasteiger partial charge in [-0.05, 0) is 44.4 Å². The van der Waals surface area contributed by atoms with Crippen LogP contribution in [0, 0.1) is 11.8 Å². The zero-order chi connectivity index (χ0) is 13.1. The van der Waals surface area contributed by atoms with Crippen molar-refractivity contribution in [1.29, 1.82) is 0 Å². The highest BCUT2D eigenvalue weighted by Crippen LogP contribution is 2.37. The van der Waals surface area contributed by atoms with E-state index in [1.807, 2.05) is 6.92 Å². The summed E-state index contributed by atoms with van der Waals surface area (Å²) in [4.78, 5) is 22.4. The van der Waals surface area contributed by atoms with Crippen molar-refractivity contribution < 1.29 is 19.1 Å². The van der Waals surface area contributed by atoms with Gasteiger partial charge in [0.2, 0.25) is 0 Å². The van der Waals surface area contributed by atoms with E-state index in [9.17, 15) is 9.59 Å². The molecule has 0 aliphatic heterocycles. The average molecular weight is 242 g/mol. The second kappa shape index (κ2) is 5.52. The van der Waals surface area contributed by atoms with Gasteiger partial charge in [0.05, 0.1) is 7.11 Å². The maximum Gasteiger partial charge on any atom is 0.418 e. The molecule has 0 atom stereocenters. The summed E-state index contributed by atoms with van der Waals surface area (Å²) >= 11 is 0.